The second kappa shape index (κ2) is 7.09. The molecule has 0 spiro atoms. The average Bonchev–Trinajstić information content (AvgIpc) is 2.65. The molecule has 0 aliphatic carbocycles. The number of fused-ring (bicyclic) bond motifs is 3. The minimum atomic E-state index is -0.409. The van der Waals surface area contributed by atoms with Gasteiger partial charge in [0.15, 0.2) is 5.11 Å². The smallest absolute Gasteiger partial charge is 0.242 e. The lowest BCUT2D eigenvalue weighted by Crippen LogP contribution is -2.56. The topological polar surface area (TPSA) is 35.6 Å². The normalized spacial score (nSPS) is 21.5. The van der Waals surface area contributed by atoms with Crippen molar-refractivity contribution < 1.29 is 9.18 Å². The van der Waals surface area contributed by atoms with Gasteiger partial charge >= 0.3 is 0 Å². The number of nitrogens with zero attached hydrogens (tertiary/aromatic N) is 2. The van der Waals surface area contributed by atoms with Crippen LogP contribution in [0.3, 0.4) is 0 Å². The fraction of sp³-hybridized carbons (Fsp3) is 0.300. The fourth-order valence-electron chi connectivity index (χ4n) is 3.89. The predicted molar refractivity (Wildman–Crippen MR) is 109 cm³/mol. The molecule has 0 saturated carbocycles. The summed E-state index contributed by atoms with van der Waals surface area (Å²) in [7, 11) is 0. The van der Waals surface area contributed by atoms with E-state index in [-0.39, 0.29) is 23.5 Å². The Labute approximate surface area is 167 Å². The SMILES string of the molecule is C[C@H]1CN2C(=O)CN(C(=S)Nc3ccc(F)cc3Cl)C[C@H]2c2ccccc21. The van der Waals surface area contributed by atoms with Crippen LogP contribution in [0, 0.1) is 5.82 Å². The highest BCUT2D eigenvalue weighted by Crippen LogP contribution is 2.38. The van der Waals surface area contributed by atoms with Gasteiger partial charge in [-0.2, -0.15) is 0 Å². The highest BCUT2D eigenvalue weighted by Gasteiger charge is 2.39. The monoisotopic (exact) mass is 403 g/mol. The molecule has 1 amide bonds. The summed E-state index contributed by atoms with van der Waals surface area (Å²) < 4.78 is 13.2. The van der Waals surface area contributed by atoms with Gasteiger partial charge in [0.1, 0.15) is 5.82 Å². The van der Waals surface area contributed by atoms with Crippen molar-refractivity contribution in [3.05, 3.63) is 64.4 Å². The van der Waals surface area contributed by atoms with Crippen molar-refractivity contribution in [2.24, 2.45) is 0 Å². The van der Waals surface area contributed by atoms with Gasteiger partial charge in [0.05, 0.1) is 23.3 Å². The summed E-state index contributed by atoms with van der Waals surface area (Å²) in [4.78, 5) is 16.6. The molecule has 2 aromatic carbocycles. The van der Waals surface area contributed by atoms with Crippen LogP contribution in [0.1, 0.15) is 30.0 Å². The van der Waals surface area contributed by atoms with Crippen molar-refractivity contribution in [2.45, 2.75) is 18.9 Å². The molecule has 0 unspecified atom stereocenters. The Hall–Kier alpha value is -2.18. The zero-order valence-electron chi connectivity index (χ0n) is 14.8. The maximum Gasteiger partial charge on any atom is 0.242 e. The maximum atomic E-state index is 13.2. The Morgan fingerprint density at radius 1 is 1.22 bits per heavy atom. The van der Waals surface area contributed by atoms with Crippen molar-refractivity contribution in [3.63, 3.8) is 0 Å². The van der Waals surface area contributed by atoms with Crippen LogP contribution in [0.4, 0.5) is 10.1 Å². The summed E-state index contributed by atoms with van der Waals surface area (Å²) in [6.45, 7) is 3.70. The summed E-state index contributed by atoms with van der Waals surface area (Å²) in [5.74, 6) is -0.0359. The number of piperazine rings is 1. The van der Waals surface area contributed by atoms with Gasteiger partial charge in [-0.15, -0.1) is 0 Å². The molecule has 1 saturated heterocycles. The maximum absolute atomic E-state index is 13.2. The molecule has 2 atom stereocenters. The predicted octanol–water partition coefficient (Wildman–Crippen LogP) is 4.18. The molecule has 2 aliphatic heterocycles. The van der Waals surface area contributed by atoms with E-state index in [1.807, 2.05) is 21.9 Å². The van der Waals surface area contributed by atoms with E-state index in [2.05, 4.69) is 24.4 Å². The first kappa shape index (κ1) is 18.2. The molecular weight excluding hydrogens is 385 g/mol. The molecule has 7 heteroatoms. The number of hydrogen-bond donors (Lipinski definition) is 1. The first-order chi connectivity index (χ1) is 12.9. The lowest BCUT2D eigenvalue weighted by atomic mass is 9.85. The number of halogens is 2. The van der Waals surface area contributed by atoms with E-state index in [1.165, 1.54) is 23.3 Å². The second-order valence-corrected chi connectivity index (χ2v) is 7.82. The van der Waals surface area contributed by atoms with Crippen molar-refractivity contribution >= 4 is 40.5 Å². The lowest BCUT2D eigenvalue weighted by Gasteiger charge is -2.47. The van der Waals surface area contributed by atoms with Gasteiger partial charge in [-0.3, -0.25) is 4.79 Å². The molecule has 1 fully saturated rings. The van der Waals surface area contributed by atoms with Gasteiger partial charge in [-0.05, 0) is 47.5 Å². The van der Waals surface area contributed by atoms with Gasteiger partial charge in [-0.1, -0.05) is 42.8 Å². The molecule has 0 radical (unpaired) electrons. The molecule has 4 nitrogen and oxygen atoms in total. The van der Waals surface area contributed by atoms with E-state index in [0.717, 1.165) is 6.54 Å². The van der Waals surface area contributed by atoms with E-state index in [4.69, 9.17) is 23.8 Å². The van der Waals surface area contributed by atoms with Crippen molar-refractivity contribution in [1.82, 2.24) is 9.80 Å². The minimum absolute atomic E-state index is 0.0258. The first-order valence-electron chi connectivity index (χ1n) is 8.83. The number of rotatable bonds is 1. The zero-order chi connectivity index (χ0) is 19.1. The highest BCUT2D eigenvalue weighted by atomic mass is 35.5. The molecule has 0 aromatic heterocycles. The van der Waals surface area contributed by atoms with E-state index in [9.17, 15) is 9.18 Å². The summed E-state index contributed by atoms with van der Waals surface area (Å²) in [5, 5.41) is 3.70. The quantitative estimate of drug-likeness (QED) is 0.724. The third-order valence-electron chi connectivity index (χ3n) is 5.23. The largest absolute Gasteiger partial charge is 0.337 e. The Morgan fingerprint density at radius 3 is 2.70 bits per heavy atom. The molecule has 2 aromatic rings. The summed E-state index contributed by atoms with van der Waals surface area (Å²) in [5.41, 5.74) is 2.99. The third kappa shape index (κ3) is 3.39. The summed E-state index contributed by atoms with van der Waals surface area (Å²) in [6, 6.07) is 12.3. The molecule has 0 bridgehead atoms. The highest BCUT2D eigenvalue weighted by molar-refractivity contribution is 7.80. The zero-order valence-corrected chi connectivity index (χ0v) is 16.4. The van der Waals surface area contributed by atoms with Gasteiger partial charge in [0, 0.05) is 13.1 Å². The van der Waals surface area contributed by atoms with Gasteiger partial charge < -0.3 is 15.1 Å². The number of anilines is 1. The summed E-state index contributed by atoms with van der Waals surface area (Å²) in [6.07, 6.45) is 0. The second-order valence-electron chi connectivity index (χ2n) is 7.03. The lowest BCUT2D eigenvalue weighted by molar-refractivity contribution is -0.139. The molecule has 2 aliphatic rings. The molecule has 2 heterocycles. The molecular formula is C20H19ClFN3OS. The number of hydrogen-bond acceptors (Lipinski definition) is 2. The van der Waals surface area contributed by atoms with Crippen LogP contribution in [0.2, 0.25) is 5.02 Å². The van der Waals surface area contributed by atoms with Crippen molar-refractivity contribution in [2.75, 3.05) is 25.0 Å². The van der Waals surface area contributed by atoms with Gasteiger partial charge in [-0.25, -0.2) is 4.39 Å². The van der Waals surface area contributed by atoms with Crippen molar-refractivity contribution in [3.8, 4) is 0 Å². The Bertz CT molecular complexity index is 922. The van der Waals surface area contributed by atoms with Gasteiger partial charge in [0.25, 0.3) is 0 Å². The number of benzene rings is 2. The molecule has 1 N–H and O–H groups in total. The third-order valence-corrected chi connectivity index (χ3v) is 5.91. The number of nitrogens with one attached hydrogen (secondary N) is 1. The Balaban J connectivity index is 1.57. The first-order valence-corrected chi connectivity index (χ1v) is 9.62. The number of carbonyl (C=O) groups is 1. The molecule has 4 rings (SSSR count). The Kier molecular flexibility index (Phi) is 4.78. The fourth-order valence-corrected chi connectivity index (χ4v) is 4.35. The van der Waals surface area contributed by atoms with Crippen LogP contribution < -0.4 is 5.32 Å². The van der Waals surface area contributed by atoms with E-state index >= 15 is 0 Å². The van der Waals surface area contributed by atoms with Crippen LogP contribution >= 0.6 is 23.8 Å². The van der Waals surface area contributed by atoms with E-state index in [1.54, 1.807) is 6.07 Å². The van der Waals surface area contributed by atoms with Crippen LogP contribution in [-0.4, -0.2) is 40.5 Å². The van der Waals surface area contributed by atoms with E-state index in [0.29, 0.717) is 23.3 Å². The standard InChI is InChI=1S/C20H19ClFN3OS/c1-12-9-25-18(15-5-3-2-4-14(12)15)10-24(11-19(25)26)20(27)23-17-7-6-13(22)8-16(17)21/h2-8,12,18H,9-11H2,1H3,(H,23,27)/t12-,18-/m0/s1. The average molecular weight is 404 g/mol. The van der Waals surface area contributed by atoms with Crippen LogP contribution in [0.25, 0.3) is 0 Å². The van der Waals surface area contributed by atoms with E-state index < -0.39 is 5.82 Å². The summed E-state index contributed by atoms with van der Waals surface area (Å²) >= 11 is 11.6. The molecule has 140 valence electrons. The van der Waals surface area contributed by atoms with Crippen molar-refractivity contribution in [1.29, 1.82) is 0 Å². The minimum Gasteiger partial charge on any atom is -0.337 e. The number of carbonyl (C=O) groups excluding carboxylic acids is 1. The van der Waals surface area contributed by atoms with Crippen LogP contribution in [-0.2, 0) is 4.79 Å². The Morgan fingerprint density at radius 2 is 1.96 bits per heavy atom. The molecule has 27 heavy (non-hydrogen) atoms. The van der Waals surface area contributed by atoms with Gasteiger partial charge in [0.2, 0.25) is 5.91 Å². The number of amides is 1. The number of thiocarbonyl (C=S) groups is 1. The van der Waals surface area contributed by atoms with Crippen LogP contribution in [0.15, 0.2) is 42.5 Å². The van der Waals surface area contributed by atoms with Crippen LogP contribution in [0.5, 0.6) is 0 Å².